The lowest BCUT2D eigenvalue weighted by Crippen LogP contribution is -2.37. The molecule has 0 aliphatic rings. The summed E-state index contributed by atoms with van der Waals surface area (Å²) < 4.78 is 4.88. The molecule has 0 bridgehead atoms. The molecule has 0 amide bonds. The van der Waals surface area contributed by atoms with E-state index in [1.54, 1.807) is 0 Å². The molecule has 0 saturated carbocycles. The minimum absolute atomic E-state index is 1.32. The van der Waals surface area contributed by atoms with Gasteiger partial charge in [-0.05, 0) is 55.0 Å². The molecule has 6 rings (SSSR count). The Hall–Kier alpha value is -2.91. The van der Waals surface area contributed by atoms with Crippen LogP contribution in [0.25, 0.3) is 49.0 Å². The summed E-state index contributed by atoms with van der Waals surface area (Å²) in [5.74, 6) is 0. The fourth-order valence-electron chi connectivity index (χ4n) is 5.53. The molecule has 6 aromatic rings. The summed E-state index contributed by atoms with van der Waals surface area (Å²) in [7, 11) is 0.770. The number of benzene rings is 3. The molecule has 0 radical (unpaired) electrons. The van der Waals surface area contributed by atoms with Crippen LogP contribution in [0.4, 0.5) is 0 Å². The van der Waals surface area contributed by atoms with Crippen LogP contribution in [0.3, 0.4) is 0 Å². The third-order valence-electron chi connectivity index (χ3n) is 7.27. The first-order valence-electron chi connectivity index (χ1n) is 11.2. The average molecular weight is 422 g/mol. The van der Waals surface area contributed by atoms with E-state index in [1.165, 1.54) is 70.9 Å². The van der Waals surface area contributed by atoms with E-state index in [2.05, 4.69) is 105 Å². The first-order valence-corrected chi connectivity index (χ1v) is 14.7. The van der Waals surface area contributed by atoms with Crippen molar-refractivity contribution in [3.05, 3.63) is 65.4 Å². The molecule has 31 heavy (non-hydrogen) atoms. The highest BCUT2D eigenvalue weighted by Gasteiger charge is 2.26. The van der Waals surface area contributed by atoms with Gasteiger partial charge in [-0.25, -0.2) is 0 Å². The topological polar surface area (TPSA) is 8.29 Å². The lowest BCUT2D eigenvalue weighted by molar-refractivity contribution is -0.644. The predicted octanol–water partition coefficient (Wildman–Crippen LogP) is 6.28. The molecule has 3 aromatic carbocycles. The van der Waals surface area contributed by atoms with Gasteiger partial charge in [-0.3, -0.25) is 0 Å². The highest BCUT2D eigenvalue weighted by Crippen LogP contribution is 2.41. The zero-order valence-corrected chi connectivity index (χ0v) is 20.5. The smallest absolute Gasteiger partial charge is 0.238 e. The minimum atomic E-state index is -1.42. The van der Waals surface area contributed by atoms with Crippen molar-refractivity contribution >= 4 is 62.3 Å². The molecule has 0 unspecified atom stereocenters. The third-order valence-corrected chi connectivity index (χ3v) is 9.32. The Labute approximate surface area is 184 Å². The van der Waals surface area contributed by atoms with Crippen molar-refractivity contribution in [2.24, 2.45) is 7.05 Å². The van der Waals surface area contributed by atoms with Gasteiger partial charge >= 0.3 is 0 Å². The van der Waals surface area contributed by atoms with Gasteiger partial charge in [0.2, 0.25) is 5.52 Å². The van der Waals surface area contributed by atoms with Gasteiger partial charge in [0.05, 0.1) is 24.5 Å². The number of fused-ring (bicyclic) bond motifs is 5. The van der Waals surface area contributed by atoms with E-state index in [-0.39, 0.29) is 0 Å². The maximum Gasteiger partial charge on any atom is 0.238 e. The van der Waals surface area contributed by atoms with E-state index < -0.39 is 8.07 Å². The summed E-state index contributed by atoms with van der Waals surface area (Å²) >= 11 is 0. The standard InChI is InChI=1S/C28H29N2Si/c1-16-12-19-14-17(2)18(3)25-26(19)24(13-16)30-23-15-20(31(5,6)7)8-9-21(23)22-10-11-29(4)28(25)27(22)30/h8-15H,1-7H3/q+1. The molecule has 3 aromatic heterocycles. The molecular formula is C28H29N2Si+. The van der Waals surface area contributed by atoms with E-state index in [0.29, 0.717) is 0 Å². The van der Waals surface area contributed by atoms with E-state index in [9.17, 15) is 0 Å². The Kier molecular flexibility index (Phi) is 3.56. The number of aromatic nitrogens is 2. The van der Waals surface area contributed by atoms with Gasteiger partial charge < -0.3 is 4.40 Å². The number of aryl methyl sites for hydroxylation is 4. The van der Waals surface area contributed by atoms with E-state index in [1.807, 2.05) is 0 Å². The molecule has 0 aliphatic heterocycles. The van der Waals surface area contributed by atoms with Crippen molar-refractivity contribution in [1.29, 1.82) is 0 Å². The van der Waals surface area contributed by atoms with Gasteiger partial charge in [-0.2, -0.15) is 4.57 Å². The van der Waals surface area contributed by atoms with E-state index in [4.69, 9.17) is 0 Å². The normalized spacial score (nSPS) is 13.0. The van der Waals surface area contributed by atoms with Crippen LogP contribution in [0.1, 0.15) is 16.7 Å². The van der Waals surface area contributed by atoms with Gasteiger partial charge in [0, 0.05) is 22.2 Å². The van der Waals surface area contributed by atoms with Gasteiger partial charge in [-0.1, -0.05) is 49.1 Å². The Morgan fingerprint density at radius 1 is 0.806 bits per heavy atom. The number of hydrogen-bond donors (Lipinski definition) is 0. The van der Waals surface area contributed by atoms with Crippen molar-refractivity contribution in [2.75, 3.05) is 0 Å². The molecule has 0 spiro atoms. The molecule has 0 atom stereocenters. The molecule has 0 aliphatic carbocycles. The summed E-state index contributed by atoms with van der Waals surface area (Å²) in [6, 6.07) is 16.6. The fourth-order valence-corrected chi connectivity index (χ4v) is 6.69. The fraction of sp³-hybridized carbons (Fsp3) is 0.250. The lowest BCUT2D eigenvalue weighted by atomic mass is 9.93. The second-order valence-corrected chi connectivity index (χ2v) is 15.5. The zero-order valence-electron chi connectivity index (χ0n) is 19.5. The molecule has 3 heterocycles. The second-order valence-electron chi connectivity index (χ2n) is 10.4. The van der Waals surface area contributed by atoms with Gasteiger partial charge in [0.1, 0.15) is 12.6 Å². The van der Waals surface area contributed by atoms with Gasteiger partial charge in [0.15, 0.2) is 6.20 Å². The summed E-state index contributed by atoms with van der Waals surface area (Å²) in [4.78, 5) is 0. The van der Waals surface area contributed by atoms with Crippen LogP contribution in [-0.4, -0.2) is 12.5 Å². The third kappa shape index (κ3) is 2.35. The van der Waals surface area contributed by atoms with Crippen molar-refractivity contribution in [1.82, 2.24) is 4.40 Å². The lowest BCUT2D eigenvalue weighted by Gasteiger charge is -2.17. The summed E-state index contributed by atoms with van der Waals surface area (Å²) in [6.07, 6.45) is 2.24. The molecule has 0 saturated heterocycles. The van der Waals surface area contributed by atoms with Crippen LogP contribution >= 0.6 is 0 Å². The molecule has 0 N–H and O–H groups in total. The van der Waals surface area contributed by atoms with E-state index >= 15 is 0 Å². The maximum atomic E-state index is 2.56. The summed E-state index contributed by atoms with van der Waals surface area (Å²) in [6.45, 7) is 14.1. The average Bonchev–Trinajstić information content (AvgIpc) is 3.03. The first kappa shape index (κ1) is 18.8. The van der Waals surface area contributed by atoms with Crippen LogP contribution in [0.5, 0.6) is 0 Å². The van der Waals surface area contributed by atoms with Gasteiger partial charge in [0.25, 0.3) is 0 Å². The maximum absolute atomic E-state index is 2.56. The molecule has 2 nitrogen and oxygen atoms in total. The van der Waals surface area contributed by atoms with Crippen LogP contribution < -0.4 is 9.75 Å². The van der Waals surface area contributed by atoms with Gasteiger partial charge in [-0.15, -0.1) is 0 Å². The largest absolute Gasteiger partial charge is 0.303 e. The first-order chi connectivity index (χ1) is 14.7. The SMILES string of the molecule is Cc1cc2cc(C)c(C)c3c2c(c1)n1c2cc([Si](C)(C)C)ccc2c2cc[n+](C)c3c21. The minimum Gasteiger partial charge on any atom is -0.303 e. The number of hydrogen-bond acceptors (Lipinski definition) is 0. The summed E-state index contributed by atoms with van der Waals surface area (Å²) in [5.41, 5.74) is 9.43. The molecule has 0 fully saturated rings. The zero-order chi connectivity index (χ0) is 21.8. The summed E-state index contributed by atoms with van der Waals surface area (Å²) in [5, 5.41) is 8.36. The predicted molar refractivity (Wildman–Crippen MR) is 137 cm³/mol. The second kappa shape index (κ2) is 5.86. The van der Waals surface area contributed by atoms with Crippen molar-refractivity contribution in [2.45, 2.75) is 40.4 Å². The molecule has 154 valence electrons. The number of pyridine rings is 2. The van der Waals surface area contributed by atoms with Crippen LogP contribution in [-0.2, 0) is 7.05 Å². The Bertz CT molecular complexity index is 1700. The van der Waals surface area contributed by atoms with Crippen molar-refractivity contribution < 1.29 is 4.57 Å². The van der Waals surface area contributed by atoms with E-state index in [0.717, 1.165) is 0 Å². The Balaban J connectivity index is 2.05. The quantitative estimate of drug-likeness (QED) is 0.128. The highest BCUT2D eigenvalue weighted by atomic mass is 28.3. The molecule has 3 heteroatoms. The monoisotopic (exact) mass is 421 g/mol. The molecular weight excluding hydrogens is 392 g/mol. The highest BCUT2D eigenvalue weighted by molar-refractivity contribution is 6.88. The van der Waals surface area contributed by atoms with Crippen LogP contribution in [0.15, 0.2) is 48.7 Å². The van der Waals surface area contributed by atoms with Crippen LogP contribution in [0.2, 0.25) is 19.6 Å². The number of rotatable bonds is 1. The van der Waals surface area contributed by atoms with Crippen LogP contribution in [0, 0.1) is 20.8 Å². The Morgan fingerprint density at radius 2 is 1.58 bits per heavy atom. The van der Waals surface area contributed by atoms with Crippen molar-refractivity contribution in [3.8, 4) is 0 Å². The number of nitrogens with zero attached hydrogens (tertiary/aromatic N) is 2. The Morgan fingerprint density at radius 3 is 2.32 bits per heavy atom. The van der Waals surface area contributed by atoms with Crippen molar-refractivity contribution in [3.63, 3.8) is 0 Å².